The van der Waals surface area contributed by atoms with Gasteiger partial charge in [-0.1, -0.05) is 6.08 Å². The van der Waals surface area contributed by atoms with Crippen molar-refractivity contribution >= 4 is 7.12 Å². The van der Waals surface area contributed by atoms with Crippen LogP contribution in [0.2, 0.25) is 0 Å². The molecule has 2 saturated heterocycles. The molecule has 0 aromatic rings. The fourth-order valence-electron chi connectivity index (χ4n) is 3.79. The zero-order chi connectivity index (χ0) is 16.4. The predicted octanol–water partition coefficient (Wildman–Crippen LogP) is 2.63. The van der Waals surface area contributed by atoms with Crippen molar-refractivity contribution in [3.63, 3.8) is 0 Å². The molecule has 2 atom stereocenters. The summed E-state index contributed by atoms with van der Waals surface area (Å²) < 4.78 is 32.0. The van der Waals surface area contributed by atoms with E-state index in [-0.39, 0.29) is 17.8 Å². The first-order chi connectivity index (χ1) is 10.8. The Bertz CT molecular complexity index is 609. The molecule has 124 valence electrons. The first-order valence-electron chi connectivity index (χ1n) is 8.29. The highest BCUT2D eigenvalue weighted by Crippen LogP contribution is 2.46. The molecule has 2 fully saturated rings. The van der Waals surface area contributed by atoms with E-state index in [1.165, 1.54) is 0 Å². The van der Waals surface area contributed by atoms with Crippen molar-refractivity contribution < 1.29 is 18.4 Å². The van der Waals surface area contributed by atoms with E-state index < -0.39 is 18.3 Å². The zero-order valence-corrected chi connectivity index (χ0v) is 14.1. The first-order valence-corrected chi connectivity index (χ1v) is 8.29. The average Bonchev–Trinajstić information content (AvgIpc) is 2.89. The van der Waals surface area contributed by atoms with Crippen LogP contribution in [0.4, 0.5) is 4.39 Å². The number of hydrogen-bond donors (Lipinski definition) is 0. The van der Waals surface area contributed by atoms with Crippen LogP contribution in [-0.4, -0.2) is 49.0 Å². The zero-order valence-electron chi connectivity index (χ0n) is 14.1. The molecule has 23 heavy (non-hydrogen) atoms. The number of hydrogen-bond acceptors (Lipinski definition) is 4. The standard InChI is InChI=1S/C17H23BFNO3/c1-16(2)17(3,4)23-18(22-16)15-12-9-11(19)5-6-13(12)20-7-8-21-10-14(15)20/h5-6,9,12-13H,7-8,10H2,1-4H3. The van der Waals surface area contributed by atoms with Crippen molar-refractivity contribution in [3.8, 4) is 0 Å². The van der Waals surface area contributed by atoms with E-state index >= 15 is 0 Å². The van der Waals surface area contributed by atoms with Gasteiger partial charge in [-0.25, -0.2) is 4.39 Å². The molecule has 0 radical (unpaired) electrons. The summed E-state index contributed by atoms with van der Waals surface area (Å²) in [6, 6.07) is 0.141. The molecule has 4 rings (SSSR count). The van der Waals surface area contributed by atoms with Crippen molar-refractivity contribution in [2.24, 2.45) is 5.92 Å². The Morgan fingerprint density at radius 1 is 1.22 bits per heavy atom. The lowest BCUT2D eigenvalue weighted by atomic mass is 9.68. The lowest BCUT2D eigenvalue weighted by Crippen LogP contribution is -2.41. The molecular formula is C17H23BFNO3. The molecule has 4 aliphatic rings. The molecule has 0 aromatic heterocycles. The van der Waals surface area contributed by atoms with Crippen molar-refractivity contribution in [1.82, 2.24) is 4.90 Å². The largest absolute Gasteiger partial charge is 0.493 e. The third-order valence-electron chi connectivity index (χ3n) is 5.78. The van der Waals surface area contributed by atoms with E-state index in [4.69, 9.17) is 14.0 Å². The summed E-state index contributed by atoms with van der Waals surface area (Å²) >= 11 is 0. The van der Waals surface area contributed by atoms with Gasteiger partial charge in [0.05, 0.1) is 30.5 Å². The molecule has 0 bridgehead atoms. The van der Waals surface area contributed by atoms with Crippen LogP contribution >= 0.6 is 0 Å². The molecule has 6 heteroatoms. The third-order valence-corrected chi connectivity index (χ3v) is 5.78. The van der Waals surface area contributed by atoms with Crippen LogP contribution in [-0.2, 0) is 14.0 Å². The summed E-state index contributed by atoms with van der Waals surface area (Å²) in [6.07, 6.45) is 5.20. The summed E-state index contributed by atoms with van der Waals surface area (Å²) in [5.74, 6) is -0.243. The van der Waals surface area contributed by atoms with Gasteiger partial charge in [0.25, 0.3) is 0 Å². The van der Waals surface area contributed by atoms with Gasteiger partial charge in [-0.05, 0) is 45.3 Å². The van der Waals surface area contributed by atoms with Crippen LogP contribution < -0.4 is 0 Å². The van der Waals surface area contributed by atoms with Crippen LogP contribution in [0.25, 0.3) is 0 Å². The number of rotatable bonds is 1. The van der Waals surface area contributed by atoms with Gasteiger partial charge >= 0.3 is 7.12 Å². The topological polar surface area (TPSA) is 30.9 Å². The Labute approximate surface area is 137 Å². The van der Waals surface area contributed by atoms with Crippen LogP contribution in [0, 0.1) is 5.92 Å². The number of ether oxygens (including phenoxy) is 1. The van der Waals surface area contributed by atoms with Crippen LogP contribution in [0.5, 0.6) is 0 Å². The van der Waals surface area contributed by atoms with Gasteiger partial charge in [-0.2, -0.15) is 0 Å². The Morgan fingerprint density at radius 2 is 1.91 bits per heavy atom. The summed E-state index contributed by atoms with van der Waals surface area (Å²) in [5.41, 5.74) is 1.31. The smallest absolute Gasteiger partial charge is 0.400 e. The van der Waals surface area contributed by atoms with Crippen molar-refractivity contribution in [2.75, 3.05) is 19.8 Å². The number of fused-ring (bicyclic) bond motifs is 3. The fourth-order valence-corrected chi connectivity index (χ4v) is 3.79. The second kappa shape index (κ2) is 4.95. The monoisotopic (exact) mass is 319 g/mol. The molecule has 1 aliphatic carbocycles. The highest BCUT2D eigenvalue weighted by molar-refractivity contribution is 6.55. The van der Waals surface area contributed by atoms with Crippen LogP contribution in [0.15, 0.2) is 35.2 Å². The molecule has 0 N–H and O–H groups in total. The fraction of sp³-hybridized carbons (Fsp3) is 0.647. The van der Waals surface area contributed by atoms with Crippen molar-refractivity contribution in [2.45, 2.75) is 44.9 Å². The summed E-state index contributed by atoms with van der Waals surface area (Å²) in [5, 5.41) is 0. The molecule has 3 aliphatic heterocycles. The number of morpholine rings is 1. The van der Waals surface area contributed by atoms with Gasteiger partial charge in [0.1, 0.15) is 5.83 Å². The second-order valence-corrected chi connectivity index (χ2v) is 7.66. The van der Waals surface area contributed by atoms with E-state index in [2.05, 4.69) is 4.90 Å². The minimum atomic E-state index is -0.454. The predicted molar refractivity (Wildman–Crippen MR) is 86.2 cm³/mol. The Kier molecular flexibility index (Phi) is 3.32. The molecule has 4 nitrogen and oxygen atoms in total. The summed E-state index contributed by atoms with van der Waals surface area (Å²) in [6.45, 7) is 10.2. The SMILES string of the molecule is CC1(C)OB(C2=C3COCCN3C3C=CC(F)=CC23)OC1(C)C. The van der Waals surface area contributed by atoms with Crippen LogP contribution in [0.3, 0.4) is 0 Å². The molecule has 2 unspecified atom stereocenters. The van der Waals surface area contributed by atoms with Crippen molar-refractivity contribution in [1.29, 1.82) is 0 Å². The molecule has 0 saturated carbocycles. The molecule has 0 aromatic carbocycles. The van der Waals surface area contributed by atoms with Gasteiger partial charge < -0.3 is 18.9 Å². The maximum atomic E-state index is 13.9. The highest BCUT2D eigenvalue weighted by Gasteiger charge is 2.57. The second-order valence-electron chi connectivity index (χ2n) is 7.66. The molecule has 0 amide bonds. The summed E-state index contributed by atoms with van der Waals surface area (Å²) in [7, 11) is -0.454. The normalized spacial score (nSPS) is 34.6. The third kappa shape index (κ3) is 2.23. The lowest BCUT2D eigenvalue weighted by molar-refractivity contribution is 0.00578. The molecular weight excluding hydrogens is 296 g/mol. The minimum Gasteiger partial charge on any atom is -0.400 e. The van der Waals surface area contributed by atoms with E-state index in [9.17, 15) is 4.39 Å². The van der Waals surface area contributed by atoms with Gasteiger partial charge in [-0.3, -0.25) is 0 Å². The maximum absolute atomic E-state index is 13.9. The van der Waals surface area contributed by atoms with E-state index in [0.29, 0.717) is 13.2 Å². The number of halogens is 1. The van der Waals surface area contributed by atoms with E-state index in [0.717, 1.165) is 17.7 Å². The number of nitrogens with zero attached hydrogens (tertiary/aromatic N) is 1. The highest BCUT2D eigenvalue weighted by atomic mass is 19.1. The average molecular weight is 319 g/mol. The quantitative estimate of drug-likeness (QED) is 0.695. The van der Waals surface area contributed by atoms with Crippen molar-refractivity contribution in [3.05, 3.63) is 35.2 Å². The van der Waals surface area contributed by atoms with Gasteiger partial charge in [0.2, 0.25) is 0 Å². The van der Waals surface area contributed by atoms with Gasteiger partial charge in [0.15, 0.2) is 0 Å². The number of allylic oxidation sites excluding steroid dienone is 2. The molecule has 3 heterocycles. The van der Waals surface area contributed by atoms with Crippen LogP contribution in [0.1, 0.15) is 27.7 Å². The summed E-state index contributed by atoms with van der Waals surface area (Å²) in [4.78, 5) is 2.31. The Morgan fingerprint density at radius 3 is 2.61 bits per heavy atom. The lowest BCUT2D eigenvalue weighted by Gasteiger charge is -2.33. The van der Waals surface area contributed by atoms with Gasteiger partial charge in [0, 0.05) is 18.2 Å². The van der Waals surface area contributed by atoms with E-state index in [1.807, 2.05) is 33.8 Å². The minimum absolute atomic E-state index is 0.0496. The Balaban J connectivity index is 1.75. The van der Waals surface area contributed by atoms with E-state index in [1.54, 1.807) is 12.2 Å². The van der Waals surface area contributed by atoms with Gasteiger partial charge in [-0.15, -0.1) is 0 Å². The maximum Gasteiger partial charge on any atom is 0.493 e. The first kappa shape index (κ1) is 15.4. The molecule has 0 spiro atoms. The Hall–Kier alpha value is -1.11.